The lowest BCUT2D eigenvalue weighted by Crippen LogP contribution is -2.33. The van der Waals surface area contributed by atoms with Crippen LogP contribution >= 0.6 is 0 Å². The van der Waals surface area contributed by atoms with Crippen molar-refractivity contribution in [1.82, 2.24) is 19.5 Å². The van der Waals surface area contributed by atoms with E-state index in [9.17, 15) is 5.11 Å². The van der Waals surface area contributed by atoms with Gasteiger partial charge in [-0.25, -0.2) is 4.98 Å². The molecule has 1 unspecified atom stereocenters. The van der Waals surface area contributed by atoms with E-state index in [-0.39, 0.29) is 19.2 Å². The van der Waals surface area contributed by atoms with Crippen molar-refractivity contribution in [3.63, 3.8) is 0 Å². The normalized spacial score (nSPS) is 19.8. The van der Waals surface area contributed by atoms with Gasteiger partial charge in [-0.15, -0.1) is 0 Å². The zero-order valence-corrected chi connectivity index (χ0v) is 14.4. The Balaban J connectivity index is 1.80. The van der Waals surface area contributed by atoms with E-state index in [1.54, 1.807) is 6.33 Å². The monoisotopic (exact) mass is 346 g/mol. The van der Waals surface area contributed by atoms with E-state index in [4.69, 9.17) is 10.8 Å². The maximum Gasteiger partial charge on any atom is 0.224 e. The lowest BCUT2D eigenvalue weighted by atomic mass is 10.00. The average molecular weight is 346 g/mol. The van der Waals surface area contributed by atoms with Gasteiger partial charge in [0, 0.05) is 13.2 Å². The van der Waals surface area contributed by atoms with Crippen LogP contribution in [0, 0.1) is 0 Å². The summed E-state index contributed by atoms with van der Waals surface area (Å²) in [7, 11) is 0. The minimum absolute atomic E-state index is 0.00745. The van der Waals surface area contributed by atoms with Gasteiger partial charge in [-0.1, -0.05) is 25.0 Å². The summed E-state index contributed by atoms with van der Waals surface area (Å²) in [6, 6.07) is 0. The first kappa shape index (κ1) is 17.6. The van der Waals surface area contributed by atoms with E-state index in [0.717, 1.165) is 45.1 Å². The predicted molar refractivity (Wildman–Crippen MR) is 97.2 cm³/mol. The molecule has 3 rings (SSSR count). The molecule has 2 aromatic rings. The third kappa shape index (κ3) is 3.59. The molecule has 0 saturated carbocycles. The maximum absolute atomic E-state index is 9.92. The number of aromatic nitrogens is 4. The number of anilines is 2. The molecule has 0 fully saturated rings. The van der Waals surface area contributed by atoms with Crippen LogP contribution in [0.1, 0.15) is 38.5 Å². The van der Waals surface area contributed by atoms with Gasteiger partial charge in [0.2, 0.25) is 5.95 Å². The number of nitrogens with one attached hydrogen (secondary N) is 1. The van der Waals surface area contributed by atoms with Crippen molar-refractivity contribution >= 4 is 22.9 Å². The molecule has 0 amide bonds. The van der Waals surface area contributed by atoms with Crippen molar-refractivity contribution in [2.75, 3.05) is 30.8 Å². The Labute approximate surface area is 146 Å². The van der Waals surface area contributed by atoms with Crippen molar-refractivity contribution in [2.45, 2.75) is 44.1 Å². The molecule has 136 valence electrons. The number of nitrogens with two attached hydrogens (primary N) is 1. The number of aliphatic hydroxyl groups excluding tert-OH is 2. The van der Waals surface area contributed by atoms with Crippen LogP contribution in [0.4, 0.5) is 11.8 Å². The van der Waals surface area contributed by atoms with Crippen LogP contribution in [0.2, 0.25) is 0 Å². The molecule has 8 nitrogen and oxygen atoms in total. The summed E-state index contributed by atoms with van der Waals surface area (Å²) < 4.78 is 1.90. The molecule has 0 saturated heterocycles. The molecule has 8 heteroatoms. The van der Waals surface area contributed by atoms with Crippen LogP contribution in [-0.4, -0.2) is 49.5 Å². The molecule has 1 aliphatic rings. The van der Waals surface area contributed by atoms with Crippen molar-refractivity contribution in [1.29, 1.82) is 0 Å². The molecule has 2 heterocycles. The lowest BCUT2D eigenvalue weighted by Gasteiger charge is -2.27. The van der Waals surface area contributed by atoms with Gasteiger partial charge >= 0.3 is 0 Å². The van der Waals surface area contributed by atoms with Gasteiger partial charge in [-0.3, -0.25) is 0 Å². The fourth-order valence-electron chi connectivity index (χ4n) is 3.29. The molecule has 1 atom stereocenters. The Morgan fingerprint density at radius 3 is 2.76 bits per heavy atom. The highest BCUT2D eigenvalue weighted by atomic mass is 16.3. The number of nitrogens with zero attached hydrogens (tertiary/aromatic N) is 4. The van der Waals surface area contributed by atoms with Crippen LogP contribution in [0.5, 0.6) is 0 Å². The van der Waals surface area contributed by atoms with Crippen molar-refractivity contribution in [3.8, 4) is 0 Å². The number of aliphatic hydroxyl groups is 2. The Morgan fingerprint density at radius 2 is 2.04 bits per heavy atom. The second-order valence-electron chi connectivity index (χ2n) is 6.48. The third-order valence-corrected chi connectivity index (χ3v) is 4.72. The Hall–Kier alpha value is -2.19. The van der Waals surface area contributed by atoms with Crippen molar-refractivity contribution in [3.05, 3.63) is 18.5 Å². The van der Waals surface area contributed by atoms with Gasteiger partial charge < -0.3 is 25.8 Å². The number of imidazole rings is 1. The molecule has 0 aliphatic heterocycles. The number of nitrogen functional groups attached to an aromatic ring is 1. The number of rotatable bonds is 9. The van der Waals surface area contributed by atoms with E-state index in [1.807, 2.05) is 10.6 Å². The van der Waals surface area contributed by atoms with E-state index in [2.05, 4.69) is 26.3 Å². The van der Waals surface area contributed by atoms with E-state index >= 15 is 0 Å². The Kier molecular flexibility index (Phi) is 5.50. The summed E-state index contributed by atoms with van der Waals surface area (Å²) in [6.07, 6.45) is 11.4. The van der Waals surface area contributed by atoms with Gasteiger partial charge in [0.05, 0.1) is 18.5 Å². The van der Waals surface area contributed by atoms with Crippen LogP contribution in [0.15, 0.2) is 18.5 Å². The summed E-state index contributed by atoms with van der Waals surface area (Å²) in [5.74, 6) is 0.811. The van der Waals surface area contributed by atoms with Crippen LogP contribution in [0.3, 0.4) is 0 Å². The number of hydrogen-bond donors (Lipinski definition) is 4. The molecule has 5 N–H and O–H groups in total. The van der Waals surface area contributed by atoms with Crippen LogP contribution < -0.4 is 11.1 Å². The van der Waals surface area contributed by atoms with Gasteiger partial charge in [0.1, 0.15) is 0 Å². The third-order valence-electron chi connectivity index (χ3n) is 4.72. The number of hydrogen-bond acceptors (Lipinski definition) is 7. The topological polar surface area (TPSA) is 122 Å². The largest absolute Gasteiger partial charge is 0.396 e. The highest BCUT2D eigenvalue weighted by Crippen LogP contribution is 2.33. The van der Waals surface area contributed by atoms with E-state index in [0.29, 0.717) is 17.0 Å². The highest BCUT2D eigenvalue weighted by Gasteiger charge is 2.33. The quantitative estimate of drug-likeness (QED) is 0.400. The fraction of sp³-hybridized carbons (Fsp3) is 0.588. The summed E-state index contributed by atoms with van der Waals surface area (Å²) in [5, 5.41) is 22.0. The molecular formula is C17H26N6O2. The van der Waals surface area contributed by atoms with Crippen molar-refractivity contribution < 1.29 is 10.2 Å². The maximum atomic E-state index is 9.92. The number of unbranched alkanes of at least 4 members (excludes halogenated alkanes) is 3. The molecule has 0 bridgehead atoms. The smallest absolute Gasteiger partial charge is 0.224 e. The van der Waals surface area contributed by atoms with Gasteiger partial charge in [0.15, 0.2) is 17.0 Å². The van der Waals surface area contributed by atoms with Gasteiger partial charge in [0.25, 0.3) is 0 Å². The zero-order valence-electron chi connectivity index (χ0n) is 14.4. The first-order valence-electron chi connectivity index (χ1n) is 8.84. The summed E-state index contributed by atoms with van der Waals surface area (Å²) in [4.78, 5) is 13.1. The lowest BCUT2D eigenvalue weighted by molar-refractivity contribution is 0.174. The summed E-state index contributed by atoms with van der Waals surface area (Å²) in [6.45, 7) is 0.996. The van der Waals surface area contributed by atoms with E-state index in [1.165, 1.54) is 0 Å². The van der Waals surface area contributed by atoms with Crippen molar-refractivity contribution in [2.24, 2.45) is 0 Å². The molecule has 0 spiro atoms. The summed E-state index contributed by atoms with van der Waals surface area (Å²) in [5.41, 5.74) is 6.69. The van der Waals surface area contributed by atoms with Crippen LogP contribution in [0.25, 0.3) is 11.2 Å². The average Bonchev–Trinajstić information content (AvgIpc) is 3.25. The molecule has 25 heavy (non-hydrogen) atoms. The second-order valence-corrected chi connectivity index (χ2v) is 6.48. The zero-order chi connectivity index (χ0) is 17.7. The molecule has 1 aliphatic carbocycles. The number of fused-ring (bicyclic) bond motifs is 1. The predicted octanol–water partition coefficient (Wildman–Crippen LogP) is 1.41. The molecule has 0 radical (unpaired) electrons. The van der Waals surface area contributed by atoms with Crippen LogP contribution in [-0.2, 0) is 5.54 Å². The second kappa shape index (κ2) is 7.79. The Bertz CT molecular complexity index is 744. The summed E-state index contributed by atoms with van der Waals surface area (Å²) >= 11 is 0. The van der Waals surface area contributed by atoms with Gasteiger partial charge in [-0.05, 0) is 25.7 Å². The van der Waals surface area contributed by atoms with E-state index < -0.39 is 5.54 Å². The minimum atomic E-state index is -0.503. The SMILES string of the molecule is Nc1nc(NCCCCCCO)c2ncn(C3(CO)C=CCC3)c2n1. The first-order chi connectivity index (χ1) is 12.2. The minimum Gasteiger partial charge on any atom is -0.396 e. The Morgan fingerprint density at radius 1 is 1.20 bits per heavy atom. The first-order valence-corrected chi connectivity index (χ1v) is 8.84. The molecule has 0 aromatic carbocycles. The number of allylic oxidation sites excluding steroid dienone is 1. The van der Waals surface area contributed by atoms with Gasteiger partial charge in [-0.2, -0.15) is 9.97 Å². The molecule has 2 aromatic heterocycles. The molecular weight excluding hydrogens is 320 g/mol. The standard InChI is InChI=1S/C17H26N6O2/c18-16-21-14(19-9-5-1-2-6-10-24)13-15(22-16)23(12-20-13)17(11-25)7-3-4-8-17/h3,7,12,24-25H,1-2,4-6,8-11H2,(H3,18,19,21,22). The highest BCUT2D eigenvalue weighted by molar-refractivity contribution is 5.84. The fourth-order valence-corrected chi connectivity index (χ4v) is 3.29.